The van der Waals surface area contributed by atoms with Gasteiger partial charge in [-0.1, -0.05) is 0 Å². The Balaban J connectivity index is 2.37. The molecular formula is C12H12F3NO5S. The molecule has 0 spiro atoms. The normalized spacial score (nSPS) is 19.5. The number of hydrogen-bond donors (Lipinski definition) is 1. The average molecular weight is 339 g/mol. The summed E-state index contributed by atoms with van der Waals surface area (Å²) in [5, 5.41) is 8.88. The highest BCUT2D eigenvalue weighted by molar-refractivity contribution is 7.89. The first-order chi connectivity index (χ1) is 10.2. The lowest BCUT2D eigenvalue weighted by atomic mass is 10.1. The number of carbonyl (C=O) groups is 1. The molecule has 1 fully saturated rings. The maximum Gasteiger partial charge on any atom is 0.387 e. The molecule has 2 rings (SSSR count). The van der Waals surface area contributed by atoms with E-state index in [1.165, 1.54) is 0 Å². The summed E-state index contributed by atoms with van der Waals surface area (Å²) in [5.74, 6) is -3.66. The Morgan fingerprint density at radius 1 is 1.41 bits per heavy atom. The van der Waals surface area contributed by atoms with E-state index in [1.54, 1.807) is 0 Å². The van der Waals surface area contributed by atoms with Crippen LogP contribution in [0.2, 0.25) is 0 Å². The fourth-order valence-electron chi connectivity index (χ4n) is 2.16. The molecule has 1 aliphatic heterocycles. The van der Waals surface area contributed by atoms with Gasteiger partial charge in [0.15, 0.2) is 0 Å². The summed E-state index contributed by atoms with van der Waals surface area (Å²) in [7, 11) is -4.33. The topological polar surface area (TPSA) is 83.9 Å². The maximum absolute atomic E-state index is 13.3. The van der Waals surface area contributed by atoms with E-state index in [9.17, 15) is 26.4 Å². The molecule has 1 saturated heterocycles. The number of carboxylic acids is 1. The molecule has 0 amide bonds. The molecule has 1 N–H and O–H groups in total. The van der Waals surface area contributed by atoms with Crippen LogP contribution in [0, 0.1) is 11.7 Å². The minimum atomic E-state index is -4.33. The average Bonchev–Trinajstić information content (AvgIpc) is 2.90. The lowest BCUT2D eigenvalue weighted by Gasteiger charge is -2.18. The minimum absolute atomic E-state index is 0.0922. The molecule has 22 heavy (non-hydrogen) atoms. The molecule has 1 unspecified atom stereocenters. The van der Waals surface area contributed by atoms with Gasteiger partial charge in [0.2, 0.25) is 10.0 Å². The molecule has 1 aromatic rings. The van der Waals surface area contributed by atoms with Crippen LogP contribution in [0.3, 0.4) is 0 Å². The second-order valence-electron chi connectivity index (χ2n) is 4.66. The first-order valence-corrected chi connectivity index (χ1v) is 7.63. The Morgan fingerprint density at radius 2 is 2.09 bits per heavy atom. The van der Waals surface area contributed by atoms with Gasteiger partial charge in [0.25, 0.3) is 0 Å². The van der Waals surface area contributed by atoms with Gasteiger partial charge in [-0.3, -0.25) is 4.79 Å². The third-order valence-electron chi connectivity index (χ3n) is 3.24. The Hall–Kier alpha value is -1.81. The number of rotatable bonds is 5. The van der Waals surface area contributed by atoms with E-state index in [4.69, 9.17) is 5.11 Å². The molecule has 0 bridgehead atoms. The van der Waals surface area contributed by atoms with E-state index >= 15 is 0 Å². The second kappa shape index (κ2) is 6.13. The summed E-state index contributed by atoms with van der Waals surface area (Å²) < 4.78 is 67.7. The van der Waals surface area contributed by atoms with Gasteiger partial charge in [-0.15, -0.1) is 0 Å². The number of alkyl halides is 2. The van der Waals surface area contributed by atoms with E-state index in [0.717, 1.165) is 16.4 Å². The van der Waals surface area contributed by atoms with Gasteiger partial charge < -0.3 is 9.84 Å². The molecule has 0 radical (unpaired) electrons. The van der Waals surface area contributed by atoms with Gasteiger partial charge in [0.1, 0.15) is 16.5 Å². The monoisotopic (exact) mass is 339 g/mol. The van der Waals surface area contributed by atoms with Gasteiger partial charge in [0.05, 0.1) is 5.92 Å². The molecule has 0 aromatic heterocycles. The van der Waals surface area contributed by atoms with E-state index < -0.39 is 45.0 Å². The van der Waals surface area contributed by atoms with Crippen LogP contribution in [-0.2, 0) is 14.8 Å². The Morgan fingerprint density at radius 3 is 2.64 bits per heavy atom. The number of sulfonamides is 1. The fraction of sp³-hybridized carbons (Fsp3) is 0.417. The van der Waals surface area contributed by atoms with Crippen LogP contribution < -0.4 is 4.74 Å². The van der Waals surface area contributed by atoms with Crippen LogP contribution in [0.4, 0.5) is 13.2 Å². The van der Waals surface area contributed by atoms with Crippen molar-refractivity contribution in [1.29, 1.82) is 0 Å². The van der Waals surface area contributed by atoms with Gasteiger partial charge in [-0.25, -0.2) is 12.8 Å². The molecule has 1 atom stereocenters. The summed E-state index contributed by atoms with van der Waals surface area (Å²) in [4.78, 5) is 10.1. The van der Waals surface area contributed by atoms with E-state index in [1.807, 2.05) is 0 Å². The number of hydrogen-bond acceptors (Lipinski definition) is 4. The number of nitrogens with zero attached hydrogens (tertiary/aromatic N) is 1. The van der Waals surface area contributed by atoms with Crippen LogP contribution >= 0.6 is 0 Å². The quantitative estimate of drug-likeness (QED) is 0.879. The van der Waals surface area contributed by atoms with Crippen molar-refractivity contribution < 1.29 is 36.2 Å². The van der Waals surface area contributed by atoms with Gasteiger partial charge >= 0.3 is 12.6 Å². The van der Waals surface area contributed by atoms with Crippen molar-refractivity contribution in [3.8, 4) is 5.75 Å². The van der Waals surface area contributed by atoms with Crippen LogP contribution in [-0.4, -0.2) is 43.5 Å². The van der Waals surface area contributed by atoms with Crippen LogP contribution in [0.1, 0.15) is 6.42 Å². The van der Waals surface area contributed by atoms with E-state index in [2.05, 4.69) is 4.74 Å². The van der Waals surface area contributed by atoms with Crippen molar-refractivity contribution in [1.82, 2.24) is 4.31 Å². The molecule has 0 saturated carbocycles. The predicted molar refractivity (Wildman–Crippen MR) is 67.5 cm³/mol. The Kier molecular flexibility index (Phi) is 4.61. The summed E-state index contributed by atoms with van der Waals surface area (Å²) in [6.45, 7) is -3.67. The standard InChI is InChI=1S/C12H12F3NO5S/c13-8-1-2-9(21-12(14)15)10(5-8)22(19,20)16-4-3-7(6-16)11(17)18/h1-2,5,7,12H,3-4,6H2,(H,17,18). The zero-order valence-electron chi connectivity index (χ0n) is 11.1. The van der Waals surface area contributed by atoms with Crippen molar-refractivity contribution in [3.63, 3.8) is 0 Å². The molecule has 1 aromatic carbocycles. The highest BCUT2D eigenvalue weighted by Crippen LogP contribution is 2.31. The maximum atomic E-state index is 13.3. The molecule has 122 valence electrons. The summed E-state index contributed by atoms with van der Waals surface area (Å²) in [5.41, 5.74) is 0. The number of carboxylic acid groups (broad SMARTS) is 1. The van der Waals surface area contributed by atoms with Crippen molar-refractivity contribution in [2.24, 2.45) is 5.92 Å². The lowest BCUT2D eigenvalue weighted by Crippen LogP contribution is -2.30. The molecule has 1 heterocycles. The molecule has 6 nitrogen and oxygen atoms in total. The highest BCUT2D eigenvalue weighted by atomic mass is 32.2. The van der Waals surface area contributed by atoms with Gasteiger partial charge in [-0.2, -0.15) is 13.1 Å². The second-order valence-corrected chi connectivity index (χ2v) is 6.56. The van der Waals surface area contributed by atoms with Crippen molar-refractivity contribution in [2.45, 2.75) is 17.9 Å². The number of halogens is 3. The minimum Gasteiger partial charge on any atom is -0.481 e. The van der Waals surface area contributed by atoms with E-state index in [0.29, 0.717) is 6.07 Å². The predicted octanol–water partition coefficient (Wildman–Crippen LogP) is 1.52. The van der Waals surface area contributed by atoms with Gasteiger partial charge in [0, 0.05) is 13.1 Å². The third kappa shape index (κ3) is 3.33. The van der Waals surface area contributed by atoms with Crippen LogP contribution in [0.25, 0.3) is 0 Å². The van der Waals surface area contributed by atoms with Gasteiger partial charge in [-0.05, 0) is 24.6 Å². The summed E-state index contributed by atoms with van der Waals surface area (Å²) in [6.07, 6.45) is 0.0922. The first-order valence-electron chi connectivity index (χ1n) is 6.19. The first kappa shape index (κ1) is 16.6. The lowest BCUT2D eigenvalue weighted by molar-refractivity contribution is -0.141. The Bertz CT molecular complexity index is 679. The SMILES string of the molecule is O=C(O)C1CCN(S(=O)(=O)c2cc(F)ccc2OC(F)F)C1. The number of benzene rings is 1. The summed E-state index contributed by atoms with van der Waals surface area (Å²) >= 11 is 0. The largest absolute Gasteiger partial charge is 0.481 e. The smallest absolute Gasteiger partial charge is 0.387 e. The zero-order chi connectivity index (χ0) is 16.5. The Labute approximate surface area is 124 Å². The molecule has 10 heteroatoms. The van der Waals surface area contributed by atoms with Crippen molar-refractivity contribution in [3.05, 3.63) is 24.0 Å². The van der Waals surface area contributed by atoms with Crippen LogP contribution in [0.5, 0.6) is 5.75 Å². The zero-order valence-corrected chi connectivity index (χ0v) is 11.9. The molecular weight excluding hydrogens is 327 g/mol. The number of ether oxygens (including phenoxy) is 1. The highest BCUT2D eigenvalue weighted by Gasteiger charge is 2.37. The van der Waals surface area contributed by atoms with Crippen molar-refractivity contribution in [2.75, 3.05) is 13.1 Å². The third-order valence-corrected chi connectivity index (χ3v) is 5.13. The van der Waals surface area contributed by atoms with E-state index in [-0.39, 0.29) is 19.5 Å². The number of aliphatic carboxylic acids is 1. The van der Waals surface area contributed by atoms with Crippen molar-refractivity contribution >= 4 is 16.0 Å². The molecule has 0 aliphatic carbocycles. The summed E-state index contributed by atoms with van der Waals surface area (Å²) in [6, 6.07) is 2.15. The fourth-order valence-corrected chi connectivity index (χ4v) is 3.80. The molecule has 1 aliphatic rings. The van der Waals surface area contributed by atoms with Crippen LogP contribution in [0.15, 0.2) is 23.1 Å².